The molecule has 0 amide bonds. The summed E-state index contributed by atoms with van der Waals surface area (Å²) in [6, 6.07) is 16.5. The van der Waals surface area contributed by atoms with E-state index in [1.165, 1.54) is 11.1 Å². The first kappa shape index (κ1) is 17.8. The van der Waals surface area contributed by atoms with Crippen LogP contribution in [0.15, 0.2) is 48.5 Å². The lowest BCUT2D eigenvalue weighted by Crippen LogP contribution is -3.14. The zero-order valence-corrected chi connectivity index (χ0v) is 15.8. The second-order valence-corrected chi connectivity index (χ2v) is 6.89. The summed E-state index contributed by atoms with van der Waals surface area (Å²) in [6.45, 7) is 6.66. The van der Waals surface area contributed by atoms with Crippen molar-refractivity contribution >= 4 is 17.0 Å². The molecule has 0 spiro atoms. The number of hydrogen-bond acceptors (Lipinski definition) is 4. The number of quaternary nitrogens is 1. The lowest BCUT2D eigenvalue weighted by Gasteiger charge is -2.24. The Bertz CT molecular complexity index is 870. The molecule has 1 fully saturated rings. The quantitative estimate of drug-likeness (QED) is 0.666. The Morgan fingerprint density at radius 3 is 2.67 bits per heavy atom. The fraction of sp³-hybridized carbons (Fsp3) is 0.381. The van der Waals surface area contributed by atoms with E-state index >= 15 is 0 Å². The standard InChI is InChI=1S/C21H26N4O2/c1-26-18-8-6-17(7-9-18)16-22-21-23-19-4-2-3-5-20(19)25(21)11-10-24-12-14-27-15-13-24/h2-9H,10-16H2,1H3,(H,22,23)/p+1. The van der Waals surface area contributed by atoms with E-state index in [9.17, 15) is 0 Å². The molecule has 0 aliphatic carbocycles. The van der Waals surface area contributed by atoms with Crippen molar-refractivity contribution in [2.45, 2.75) is 13.1 Å². The van der Waals surface area contributed by atoms with E-state index in [0.29, 0.717) is 0 Å². The molecule has 1 aromatic heterocycles. The molecule has 6 nitrogen and oxygen atoms in total. The largest absolute Gasteiger partial charge is 0.497 e. The van der Waals surface area contributed by atoms with Crippen molar-refractivity contribution in [3.05, 3.63) is 54.1 Å². The molecule has 2 heterocycles. The zero-order chi connectivity index (χ0) is 18.5. The normalized spacial score (nSPS) is 15.1. The summed E-state index contributed by atoms with van der Waals surface area (Å²) in [5.74, 6) is 1.80. The molecular weight excluding hydrogens is 340 g/mol. The molecule has 6 heteroatoms. The highest BCUT2D eigenvalue weighted by Gasteiger charge is 2.16. The van der Waals surface area contributed by atoms with E-state index in [0.717, 1.165) is 63.2 Å². The van der Waals surface area contributed by atoms with Crippen molar-refractivity contribution in [1.29, 1.82) is 0 Å². The fourth-order valence-corrected chi connectivity index (χ4v) is 3.54. The summed E-state index contributed by atoms with van der Waals surface area (Å²) in [4.78, 5) is 6.42. The molecule has 0 unspecified atom stereocenters. The number of methoxy groups -OCH3 is 1. The maximum Gasteiger partial charge on any atom is 0.204 e. The van der Waals surface area contributed by atoms with Gasteiger partial charge in [0.2, 0.25) is 5.95 Å². The molecule has 27 heavy (non-hydrogen) atoms. The van der Waals surface area contributed by atoms with Crippen LogP contribution in [-0.2, 0) is 17.8 Å². The van der Waals surface area contributed by atoms with Gasteiger partial charge in [0.05, 0.1) is 44.4 Å². The Morgan fingerprint density at radius 2 is 1.89 bits per heavy atom. The zero-order valence-electron chi connectivity index (χ0n) is 15.8. The van der Waals surface area contributed by atoms with E-state index in [4.69, 9.17) is 14.5 Å². The summed E-state index contributed by atoms with van der Waals surface area (Å²) in [5.41, 5.74) is 3.42. The van der Waals surface area contributed by atoms with Gasteiger partial charge in [-0.15, -0.1) is 0 Å². The van der Waals surface area contributed by atoms with Gasteiger partial charge >= 0.3 is 0 Å². The lowest BCUT2D eigenvalue weighted by molar-refractivity contribution is -0.908. The third-order valence-electron chi connectivity index (χ3n) is 5.15. The van der Waals surface area contributed by atoms with Crippen LogP contribution in [0.3, 0.4) is 0 Å². The predicted octanol–water partition coefficient (Wildman–Crippen LogP) is 1.57. The average Bonchev–Trinajstić information content (AvgIpc) is 3.09. The third-order valence-corrected chi connectivity index (χ3v) is 5.15. The van der Waals surface area contributed by atoms with E-state index in [1.54, 1.807) is 12.0 Å². The number of nitrogens with zero attached hydrogens (tertiary/aromatic N) is 2. The van der Waals surface area contributed by atoms with Gasteiger partial charge < -0.3 is 24.3 Å². The number of para-hydroxylation sites is 2. The molecule has 0 saturated carbocycles. The van der Waals surface area contributed by atoms with Gasteiger partial charge in [0.25, 0.3) is 0 Å². The van der Waals surface area contributed by atoms with Crippen molar-refractivity contribution < 1.29 is 14.4 Å². The highest BCUT2D eigenvalue weighted by molar-refractivity contribution is 5.78. The van der Waals surface area contributed by atoms with Crippen LogP contribution in [0.5, 0.6) is 5.75 Å². The van der Waals surface area contributed by atoms with Gasteiger partial charge in [0.15, 0.2) is 0 Å². The number of imidazole rings is 1. The minimum atomic E-state index is 0.734. The Labute approximate surface area is 159 Å². The van der Waals surface area contributed by atoms with Crippen LogP contribution in [0, 0.1) is 0 Å². The number of aromatic nitrogens is 2. The van der Waals surface area contributed by atoms with Crippen molar-refractivity contribution in [3.63, 3.8) is 0 Å². The molecule has 0 atom stereocenters. The van der Waals surface area contributed by atoms with E-state index in [1.807, 2.05) is 18.2 Å². The highest BCUT2D eigenvalue weighted by atomic mass is 16.5. The number of nitrogens with one attached hydrogen (secondary N) is 2. The number of hydrogen-bond donors (Lipinski definition) is 2. The molecule has 3 aromatic rings. The minimum absolute atomic E-state index is 0.734. The highest BCUT2D eigenvalue weighted by Crippen LogP contribution is 2.20. The number of morpholine rings is 1. The second-order valence-electron chi connectivity index (χ2n) is 6.89. The SMILES string of the molecule is COc1ccc(CNc2nc3ccccc3n2CC[NH+]2CCOCC2)cc1. The van der Waals surface area contributed by atoms with Crippen LogP contribution < -0.4 is 15.0 Å². The number of ether oxygens (including phenoxy) is 2. The number of benzene rings is 2. The molecule has 0 radical (unpaired) electrons. The molecule has 2 aromatic carbocycles. The van der Waals surface area contributed by atoms with Crippen LogP contribution in [0.2, 0.25) is 0 Å². The molecule has 2 N–H and O–H groups in total. The topological polar surface area (TPSA) is 52.8 Å². The summed E-state index contributed by atoms with van der Waals surface area (Å²) in [6.07, 6.45) is 0. The van der Waals surface area contributed by atoms with E-state index in [-0.39, 0.29) is 0 Å². The molecule has 1 aliphatic heterocycles. The minimum Gasteiger partial charge on any atom is -0.497 e. The molecule has 4 rings (SSSR count). The van der Waals surface area contributed by atoms with Gasteiger partial charge in [-0.3, -0.25) is 0 Å². The summed E-state index contributed by atoms with van der Waals surface area (Å²) >= 11 is 0. The van der Waals surface area contributed by atoms with Crippen LogP contribution >= 0.6 is 0 Å². The van der Waals surface area contributed by atoms with E-state index < -0.39 is 0 Å². The monoisotopic (exact) mass is 367 g/mol. The van der Waals surface area contributed by atoms with Crippen molar-refractivity contribution in [2.24, 2.45) is 0 Å². The van der Waals surface area contributed by atoms with Crippen LogP contribution in [0.4, 0.5) is 5.95 Å². The van der Waals surface area contributed by atoms with Gasteiger partial charge in [-0.2, -0.15) is 0 Å². The second kappa shape index (κ2) is 8.41. The van der Waals surface area contributed by atoms with Gasteiger partial charge in [-0.25, -0.2) is 4.98 Å². The van der Waals surface area contributed by atoms with Gasteiger partial charge in [0, 0.05) is 6.54 Å². The third kappa shape index (κ3) is 4.23. The van der Waals surface area contributed by atoms with Crippen molar-refractivity contribution in [2.75, 3.05) is 45.3 Å². The fourth-order valence-electron chi connectivity index (χ4n) is 3.54. The van der Waals surface area contributed by atoms with E-state index in [2.05, 4.69) is 40.2 Å². The maximum absolute atomic E-state index is 5.47. The van der Waals surface area contributed by atoms with Crippen LogP contribution in [0.1, 0.15) is 5.56 Å². The number of rotatable bonds is 7. The first-order chi connectivity index (χ1) is 13.3. The first-order valence-corrected chi connectivity index (χ1v) is 9.57. The van der Waals surface area contributed by atoms with Crippen LogP contribution in [0.25, 0.3) is 11.0 Å². The molecule has 142 valence electrons. The molecule has 1 saturated heterocycles. The average molecular weight is 367 g/mol. The first-order valence-electron chi connectivity index (χ1n) is 9.57. The number of anilines is 1. The summed E-state index contributed by atoms with van der Waals surface area (Å²) < 4.78 is 13.0. The number of fused-ring (bicyclic) bond motifs is 1. The Kier molecular flexibility index (Phi) is 5.55. The Hall–Kier alpha value is -2.57. The Balaban J connectivity index is 1.49. The smallest absolute Gasteiger partial charge is 0.204 e. The van der Waals surface area contributed by atoms with Gasteiger partial charge in [-0.05, 0) is 29.8 Å². The molecular formula is C21H27N4O2+. The molecule has 0 bridgehead atoms. The molecule has 1 aliphatic rings. The predicted molar refractivity (Wildman–Crippen MR) is 106 cm³/mol. The lowest BCUT2D eigenvalue weighted by atomic mass is 10.2. The van der Waals surface area contributed by atoms with Crippen molar-refractivity contribution in [3.8, 4) is 5.75 Å². The van der Waals surface area contributed by atoms with Gasteiger partial charge in [0.1, 0.15) is 18.8 Å². The van der Waals surface area contributed by atoms with Crippen molar-refractivity contribution in [1.82, 2.24) is 9.55 Å². The maximum atomic E-state index is 5.47. The summed E-state index contributed by atoms with van der Waals surface area (Å²) in [7, 11) is 1.69. The Morgan fingerprint density at radius 1 is 1.11 bits per heavy atom. The van der Waals surface area contributed by atoms with Gasteiger partial charge in [-0.1, -0.05) is 24.3 Å². The van der Waals surface area contributed by atoms with Crippen LogP contribution in [-0.4, -0.2) is 49.5 Å². The summed E-state index contributed by atoms with van der Waals surface area (Å²) in [5, 5.41) is 3.52.